The van der Waals surface area contributed by atoms with Gasteiger partial charge in [0.1, 0.15) is 5.82 Å². The largest absolute Gasteiger partial charge is 0.370 e. The number of hydrogen-bond acceptors (Lipinski definition) is 4. The average molecular weight is 300 g/mol. The second kappa shape index (κ2) is 6.10. The van der Waals surface area contributed by atoms with Gasteiger partial charge in [-0.1, -0.05) is 6.92 Å². The van der Waals surface area contributed by atoms with Gasteiger partial charge in [0.15, 0.2) is 9.84 Å². The molecule has 0 aliphatic carbocycles. The van der Waals surface area contributed by atoms with E-state index in [0.29, 0.717) is 13.0 Å². The zero-order valence-electron chi connectivity index (χ0n) is 11.9. The molecule has 2 rings (SSSR count). The second-order valence-electron chi connectivity index (χ2n) is 5.27. The second-order valence-corrected chi connectivity index (χ2v) is 7.49. The molecular weight excluding hydrogens is 279 g/mol. The average Bonchev–Trinajstić information content (AvgIpc) is 2.75. The molecule has 1 atom stereocenters. The fraction of sp³-hybridized carbons (Fsp3) is 0.571. The van der Waals surface area contributed by atoms with E-state index in [9.17, 15) is 12.8 Å². The molecule has 20 heavy (non-hydrogen) atoms. The third kappa shape index (κ3) is 3.70. The molecule has 0 aromatic heterocycles. The van der Waals surface area contributed by atoms with Crippen LogP contribution in [0, 0.1) is 5.82 Å². The molecule has 1 aromatic carbocycles. The van der Waals surface area contributed by atoms with Crippen LogP contribution in [0.2, 0.25) is 0 Å². The van der Waals surface area contributed by atoms with Gasteiger partial charge in [-0.05, 0) is 36.7 Å². The van der Waals surface area contributed by atoms with Gasteiger partial charge in [0, 0.05) is 25.3 Å². The third-order valence-corrected chi connectivity index (χ3v) is 5.44. The molecule has 1 aliphatic rings. The number of anilines is 1. The first-order valence-electron chi connectivity index (χ1n) is 6.84. The molecule has 0 radical (unpaired) electrons. The summed E-state index contributed by atoms with van der Waals surface area (Å²) < 4.78 is 36.8. The van der Waals surface area contributed by atoms with E-state index in [2.05, 4.69) is 5.32 Å². The highest BCUT2D eigenvalue weighted by Crippen LogP contribution is 2.24. The van der Waals surface area contributed by atoms with Gasteiger partial charge in [-0.2, -0.15) is 0 Å². The maximum atomic E-state index is 13.7. The summed E-state index contributed by atoms with van der Waals surface area (Å²) in [4.78, 5) is 1.88. The SMILES string of the molecule is CCNCc1cc(F)cc(N(C)C2CCS(=O)(=O)C2)c1. The lowest BCUT2D eigenvalue weighted by atomic mass is 10.1. The van der Waals surface area contributed by atoms with Crippen molar-refractivity contribution in [1.82, 2.24) is 5.32 Å². The number of halogens is 1. The van der Waals surface area contributed by atoms with Crippen molar-refractivity contribution < 1.29 is 12.8 Å². The fourth-order valence-electron chi connectivity index (χ4n) is 2.50. The minimum Gasteiger partial charge on any atom is -0.370 e. The number of rotatable bonds is 5. The van der Waals surface area contributed by atoms with Crippen molar-refractivity contribution in [2.24, 2.45) is 0 Å². The summed E-state index contributed by atoms with van der Waals surface area (Å²) in [5, 5.41) is 3.16. The van der Waals surface area contributed by atoms with Crippen LogP contribution in [0.15, 0.2) is 18.2 Å². The van der Waals surface area contributed by atoms with Gasteiger partial charge >= 0.3 is 0 Å². The number of benzene rings is 1. The van der Waals surface area contributed by atoms with Crippen LogP contribution in [0.1, 0.15) is 18.9 Å². The lowest BCUT2D eigenvalue weighted by Gasteiger charge is -2.26. The van der Waals surface area contributed by atoms with E-state index in [1.165, 1.54) is 12.1 Å². The summed E-state index contributed by atoms with van der Waals surface area (Å²) in [6.45, 7) is 3.43. The van der Waals surface area contributed by atoms with Crippen LogP contribution in [-0.4, -0.2) is 39.6 Å². The number of sulfone groups is 1. The lowest BCUT2D eigenvalue weighted by molar-refractivity contribution is 0.600. The van der Waals surface area contributed by atoms with Crippen molar-refractivity contribution >= 4 is 15.5 Å². The molecule has 0 spiro atoms. The van der Waals surface area contributed by atoms with Crippen LogP contribution in [0.4, 0.5) is 10.1 Å². The highest BCUT2D eigenvalue weighted by molar-refractivity contribution is 7.91. The van der Waals surface area contributed by atoms with Crippen molar-refractivity contribution in [1.29, 1.82) is 0 Å². The molecule has 0 saturated carbocycles. The van der Waals surface area contributed by atoms with E-state index in [1.807, 2.05) is 24.9 Å². The molecular formula is C14H21FN2O2S. The van der Waals surface area contributed by atoms with E-state index >= 15 is 0 Å². The highest BCUT2D eigenvalue weighted by Gasteiger charge is 2.31. The Hall–Kier alpha value is -1.14. The first-order valence-corrected chi connectivity index (χ1v) is 8.67. The van der Waals surface area contributed by atoms with Gasteiger partial charge in [0.25, 0.3) is 0 Å². The molecule has 112 valence electrons. The predicted molar refractivity (Wildman–Crippen MR) is 79.2 cm³/mol. The first-order chi connectivity index (χ1) is 9.41. The Morgan fingerprint density at radius 1 is 1.40 bits per heavy atom. The Kier molecular flexibility index (Phi) is 4.65. The summed E-state index contributed by atoms with van der Waals surface area (Å²) in [7, 11) is -1.10. The van der Waals surface area contributed by atoms with Crippen LogP contribution in [0.3, 0.4) is 0 Å². The smallest absolute Gasteiger partial charge is 0.152 e. The van der Waals surface area contributed by atoms with Crippen LogP contribution >= 0.6 is 0 Å². The van der Waals surface area contributed by atoms with Crippen LogP contribution < -0.4 is 10.2 Å². The minimum atomic E-state index is -2.93. The van der Waals surface area contributed by atoms with E-state index in [-0.39, 0.29) is 23.4 Å². The topological polar surface area (TPSA) is 49.4 Å². The van der Waals surface area contributed by atoms with Gasteiger partial charge in [-0.15, -0.1) is 0 Å². The molecule has 1 heterocycles. The molecule has 1 unspecified atom stereocenters. The molecule has 1 saturated heterocycles. The van der Waals surface area contributed by atoms with Crippen LogP contribution in [-0.2, 0) is 16.4 Å². The molecule has 0 bridgehead atoms. The minimum absolute atomic E-state index is 0.0613. The maximum absolute atomic E-state index is 13.7. The summed E-state index contributed by atoms with van der Waals surface area (Å²) in [6.07, 6.45) is 0.609. The predicted octanol–water partition coefficient (Wildman–Crippen LogP) is 1.56. The van der Waals surface area contributed by atoms with Crippen molar-refractivity contribution in [2.75, 3.05) is 30.0 Å². The standard InChI is InChI=1S/C14H21FN2O2S/c1-3-16-9-11-6-12(15)8-14(7-11)17(2)13-4-5-20(18,19)10-13/h6-8,13,16H,3-5,9-10H2,1-2H3. The molecule has 4 nitrogen and oxygen atoms in total. The van der Waals surface area contributed by atoms with Gasteiger partial charge in [-0.25, -0.2) is 12.8 Å². The van der Waals surface area contributed by atoms with Crippen LogP contribution in [0.5, 0.6) is 0 Å². The Labute approximate surface area is 119 Å². The summed E-state index contributed by atoms with van der Waals surface area (Å²) in [6, 6.07) is 4.82. The van der Waals surface area contributed by atoms with Gasteiger partial charge in [-0.3, -0.25) is 0 Å². The molecule has 1 aromatic rings. The zero-order valence-corrected chi connectivity index (χ0v) is 12.7. The Morgan fingerprint density at radius 3 is 2.75 bits per heavy atom. The number of nitrogens with one attached hydrogen (secondary N) is 1. The van der Waals surface area contributed by atoms with Gasteiger partial charge in [0.2, 0.25) is 0 Å². The van der Waals surface area contributed by atoms with Crippen molar-refractivity contribution in [2.45, 2.75) is 25.9 Å². The van der Waals surface area contributed by atoms with E-state index in [0.717, 1.165) is 17.8 Å². The van der Waals surface area contributed by atoms with Crippen molar-refractivity contribution in [3.63, 3.8) is 0 Å². The fourth-order valence-corrected chi connectivity index (χ4v) is 4.27. The Bertz CT molecular complexity index is 575. The van der Waals surface area contributed by atoms with E-state index < -0.39 is 9.84 Å². The molecule has 6 heteroatoms. The van der Waals surface area contributed by atoms with Gasteiger partial charge < -0.3 is 10.2 Å². The van der Waals surface area contributed by atoms with Gasteiger partial charge in [0.05, 0.1) is 11.5 Å². The Balaban J connectivity index is 2.17. The number of nitrogens with zero attached hydrogens (tertiary/aromatic N) is 1. The molecule has 1 N–H and O–H groups in total. The van der Waals surface area contributed by atoms with Crippen molar-refractivity contribution in [3.8, 4) is 0 Å². The monoisotopic (exact) mass is 300 g/mol. The zero-order chi connectivity index (χ0) is 14.8. The Morgan fingerprint density at radius 2 is 2.15 bits per heavy atom. The van der Waals surface area contributed by atoms with E-state index in [4.69, 9.17) is 0 Å². The molecule has 1 aliphatic heterocycles. The lowest BCUT2D eigenvalue weighted by Crippen LogP contribution is -2.32. The quantitative estimate of drug-likeness (QED) is 0.896. The summed E-state index contributed by atoms with van der Waals surface area (Å²) in [5.74, 6) is 0.0903. The third-order valence-electron chi connectivity index (χ3n) is 3.68. The highest BCUT2D eigenvalue weighted by atomic mass is 32.2. The van der Waals surface area contributed by atoms with Crippen LogP contribution in [0.25, 0.3) is 0 Å². The van der Waals surface area contributed by atoms with E-state index in [1.54, 1.807) is 0 Å². The molecule has 1 fully saturated rings. The maximum Gasteiger partial charge on any atom is 0.152 e. The molecule has 0 amide bonds. The number of hydrogen-bond donors (Lipinski definition) is 1. The first kappa shape index (κ1) is 15.3. The summed E-state index contributed by atoms with van der Waals surface area (Å²) >= 11 is 0. The normalized spacial score (nSPS) is 21.1. The van der Waals surface area contributed by atoms with Crippen molar-refractivity contribution in [3.05, 3.63) is 29.6 Å². The summed E-state index contributed by atoms with van der Waals surface area (Å²) in [5.41, 5.74) is 1.61.